The van der Waals surface area contributed by atoms with Crippen molar-refractivity contribution in [1.29, 1.82) is 0 Å². The number of carbonyl (C=O) groups is 2. The molecule has 1 aromatic heterocycles. The number of anilines is 1. The Kier molecular flexibility index (Phi) is 5.19. The van der Waals surface area contributed by atoms with Crippen molar-refractivity contribution in [2.45, 2.75) is 20.3 Å². The summed E-state index contributed by atoms with van der Waals surface area (Å²) in [7, 11) is 0. The molecule has 0 fully saturated rings. The minimum atomic E-state index is -0.274. The standard InChI is InChI=1S/C19H20N2O3S/c1-3-11-21-18(22)16(15-6-5-12-25-15)17(19(21)23)20-13-7-9-14(10-8-13)24-4-2/h5-10,12,20H,3-4,11H2,1-2H3. The smallest absolute Gasteiger partial charge is 0.278 e. The van der Waals surface area contributed by atoms with Crippen LogP contribution in [0.2, 0.25) is 0 Å². The van der Waals surface area contributed by atoms with Crippen molar-refractivity contribution in [1.82, 2.24) is 4.90 Å². The second kappa shape index (κ2) is 7.53. The van der Waals surface area contributed by atoms with Gasteiger partial charge in [0.05, 0.1) is 12.2 Å². The summed E-state index contributed by atoms with van der Waals surface area (Å²) in [6.45, 7) is 4.89. The molecule has 5 nitrogen and oxygen atoms in total. The molecule has 25 heavy (non-hydrogen) atoms. The summed E-state index contributed by atoms with van der Waals surface area (Å²) in [4.78, 5) is 27.6. The van der Waals surface area contributed by atoms with Gasteiger partial charge in [-0.15, -0.1) is 11.3 Å². The third-order valence-electron chi connectivity index (χ3n) is 3.82. The average molecular weight is 356 g/mol. The maximum Gasteiger partial charge on any atom is 0.278 e. The van der Waals surface area contributed by atoms with Crippen LogP contribution in [0.5, 0.6) is 5.75 Å². The molecule has 1 aliphatic rings. The average Bonchev–Trinajstić information content (AvgIpc) is 3.20. The molecule has 1 aromatic carbocycles. The number of carbonyl (C=O) groups excluding carboxylic acids is 2. The van der Waals surface area contributed by atoms with Gasteiger partial charge in [0.25, 0.3) is 11.8 Å². The van der Waals surface area contributed by atoms with Crippen molar-refractivity contribution in [2.75, 3.05) is 18.5 Å². The van der Waals surface area contributed by atoms with E-state index in [2.05, 4.69) is 5.32 Å². The Morgan fingerprint density at radius 1 is 1.08 bits per heavy atom. The number of amides is 2. The van der Waals surface area contributed by atoms with Gasteiger partial charge in [0.15, 0.2) is 0 Å². The van der Waals surface area contributed by atoms with E-state index >= 15 is 0 Å². The van der Waals surface area contributed by atoms with Crippen LogP contribution in [-0.2, 0) is 9.59 Å². The minimum Gasteiger partial charge on any atom is -0.494 e. The predicted octanol–water partition coefficient (Wildman–Crippen LogP) is 3.75. The predicted molar refractivity (Wildman–Crippen MR) is 99.5 cm³/mol. The van der Waals surface area contributed by atoms with Crippen molar-refractivity contribution in [3.05, 3.63) is 52.4 Å². The maximum atomic E-state index is 12.7. The molecule has 0 spiro atoms. The fourth-order valence-electron chi connectivity index (χ4n) is 2.71. The lowest BCUT2D eigenvalue weighted by Crippen LogP contribution is -2.33. The van der Waals surface area contributed by atoms with Crippen molar-refractivity contribution in [3.63, 3.8) is 0 Å². The van der Waals surface area contributed by atoms with Crippen molar-refractivity contribution in [3.8, 4) is 5.75 Å². The van der Waals surface area contributed by atoms with E-state index in [1.807, 2.05) is 55.6 Å². The summed E-state index contributed by atoms with van der Waals surface area (Å²) >= 11 is 1.45. The van der Waals surface area contributed by atoms with E-state index in [9.17, 15) is 9.59 Å². The van der Waals surface area contributed by atoms with Crippen LogP contribution in [0.15, 0.2) is 47.5 Å². The Labute approximate surface area is 150 Å². The van der Waals surface area contributed by atoms with E-state index in [1.165, 1.54) is 16.2 Å². The number of imide groups is 1. The van der Waals surface area contributed by atoms with Crippen LogP contribution in [0.3, 0.4) is 0 Å². The van der Waals surface area contributed by atoms with Crippen LogP contribution >= 0.6 is 11.3 Å². The molecule has 130 valence electrons. The van der Waals surface area contributed by atoms with Crippen molar-refractivity contribution >= 4 is 34.4 Å². The Morgan fingerprint density at radius 2 is 1.84 bits per heavy atom. The lowest BCUT2D eigenvalue weighted by molar-refractivity contribution is -0.136. The molecular formula is C19H20N2O3S. The summed E-state index contributed by atoms with van der Waals surface area (Å²) in [5, 5.41) is 5.04. The molecular weight excluding hydrogens is 336 g/mol. The highest BCUT2D eigenvalue weighted by Crippen LogP contribution is 2.33. The van der Waals surface area contributed by atoms with E-state index in [0.29, 0.717) is 24.4 Å². The first-order chi connectivity index (χ1) is 12.2. The monoisotopic (exact) mass is 356 g/mol. The summed E-state index contributed by atoms with van der Waals surface area (Å²) in [5.74, 6) is 0.258. The number of hydrogen-bond donors (Lipinski definition) is 1. The topological polar surface area (TPSA) is 58.6 Å². The molecule has 0 unspecified atom stereocenters. The third kappa shape index (κ3) is 3.44. The number of nitrogens with zero attached hydrogens (tertiary/aromatic N) is 1. The van der Waals surface area contributed by atoms with Gasteiger partial charge in [-0.3, -0.25) is 14.5 Å². The normalized spacial score (nSPS) is 14.4. The quantitative estimate of drug-likeness (QED) is 0.768. The second-order valence-electron chi connectivity index (χ2n) is 5.57. The molecule has 2 amide bonds. The molecule has 0 aliphatic carbocycles. The van der Waals surface area contributed by atoms with E-state index in [-0.39, 0.29) is 11.8 Å². The number of nitrogens with one attached hydrogen (secondary N) is 1. The number of rotatable bonds is 7. The number of ether oxygens (including phenoxy) is 1. The summed E-state index contributed by atoms with van der Waals surface area (Å²) < 4.78 is 5.43. The minimum absolute atomic E-state index is 0.234. The first kappa shape index (κ1) is 17.2. The van der Waals surface area contributed by atoms with Gasteiger partial charge in [0.2, 0.25) is 0 Å². The van der Waals surface area contributed by atoms with Crippen LogP contribution in [0.25, 0.3) is 5.57 Å². The fourth-order valence-corrected chi connectivity index (χ4v) is 3.48. The maximum absolute atomic E-state index is 12.7. The van der Waals surface area contributed by atoms with Crippen LogP contribution < -0.4 is 10.1 Å². The highest BCUT2D eigenvalue weighted by Gasteiger charge is 2.39. The number of benzene rings is 1. The summed E-state index contributed by atoms with van der Waals surface area (Å²) in [6, 6.07) is 11.1. The Balaban J connectivity index is 1.94. The fraction of sp³-hybridized carbons (Fsp3) is 0.263. The molecule has 0 radical (unpaired) electrons. The SMILES string of the molecule is CCCN1C(=O)C(Nc2ccc(OCC)cc2)=C(c2cccs2)C1=O. The van der Waals surface area contributed by atoms with Crippen molar-refractivity contribution < 1.29 is 14.3 Å². The molecule has 0 saturated carbocycles. The zero-order valence-electron chi connectivity index (χ0n) is 14.2. The van der Waals surface area contributed by atoms with Crippen LogP contribution in [-0.4, -0.2) is 29.9 Å². The van der Waals surface area contributed by atoms with E-state index in [1.54, 1.807) is 0 Å². The van der Waals surface area contributed by atoms with Gasteiger partial charge in [0, 0.05) is 17.1 Å². The third-order valence-corrected chi connectivity index (χ3v) is 4.70. The second-order valence-corrected chi connectivity index (χ2v) is 6.52. The summed E-state index contributed by atoms with van der Waals surface area (Å²) in [5.41, 5.74) is 1.53. The Hall–Kier alpha value is -2.60. The van der Waals surface area contributed by atoms with E-state index in [0.717, 1.165) is 22.7 Å². The Bertz CT molecular complexity index is 795. The van der Waals surface area contributed by atoms with Crippen LogP contribution in [0, 0.1) is 0 Å². The zero-order valence-corrected chi connectivity index (χ0v) is 15.1. The molecule has 0 atom stereocenters. The van der Waals surface area contributed by atoms with Gasteiger partial charge < -0.3 is 10.1 Å². The van der Waals surface area contributed by atoms with E-state index < -0.39 is 0 Å². The lowest BCUT2D eigenvalue weighted by Gasteiger charge is -2.13. The van der Waals surface area contributed by atoms with Gasteiger partial charge >= 0.3 is 0 Å². The summed E-state index contributed by atoms with van der Waals surface area (Å²) in [6.07, 6.45) is 0.728. The lowest BCUT2D eigenvalue weighted by atomic mass is 10.2. The van der Waals surface area contributed by atoms with Gasteiger partial charge in [0.1, 0.15) is 11.4 Å². The molecule has 2 aromatic rings. The van der Waals surface area contributed by atoms with Gasteiger partial charge in [-0.05, 0) is 49.1 Å². The van der Waals surface area contributed by atoms with Gasteiger partial charge in [-0.1, -0.05) is 13.0 Å². The van der Waals surface area contributed by atoms with E-state index in [4.69, 9.17) is 4.74 Å². The van der Waals surface area contributed by atoms with Crippen LogP contribution in [0.4, 0.5) is 5.69 Å². The molecule has 0 bridgehead atoms. The van der Waals surface area contributed by atoms with Gasteiger partial charge in [-0.2, -0.15) is 0 Å². The molecule has 3 rings (SSSR count). The first-order valence-electron chi connectivity index (χ1n) is 8.30. The van der Waals surface area contributed by atoms with Gasteiger partial charge in [-0.25, -0.2) is 0 Å². The molecule has 0 saturated heterocycles. The number of hydrogen-bond acceptors (Lipinski definition) is 5. The molecule has 6 heteroatoms. The highest BCUT2D eigenvalue weighted by molar-refractivity contribution is 7.11. The molecule has 1 aliphatic heterocycles. The Morgan fingerprint density at radius 3 is 2.44 bits per heavy atom. The number of thiophene rings is 1. The molecule has 2 heterocycles. The highest BCUT2D eigenvalue weighted by atomic mass is 32.1. The zero-order chi connectivity index (χ0) is 17.8. The largest absolute Gasteiger partial charge is 0.494 e. The molecule has 1 N–H and O–H groups in total. The first-order valence-corrected chi connectivity index (χ1v) is 9.17. The van der Waals surface area contributed by atoms with Crippen molar-refractivity contribution in [2.24, 2.45) is 0 Å². The van der Waals surface area contributed by atoms with Crippen LogP contribution in [0.1, 0.15) is 25.1 Å².